The molecule has 0 aromatic heterocycles. The molecule has 0 aliphatic carbocycles. The highest BCUT2D eigenvalue weighted by Gasteiger charge is 2.04. The van der Waals surface area contributed by atoms with Crippen LogP contribution in [0.2, 0.25) is 0 Å². The van der Waals surface area contributed by atoms with E-state index in [1.54, 1.807) is 12.1 Å². The van der Waals surface area contributed by atoms with Gasteiger partial charge in [0.15, 0.2) is 11.5 Å². The van der Waals surface area contributed by atoms with Crippen molar-refractivity contribution in [2.45, 2.75) is 6.92 Å². The van der Waals surface area contributed by atoms with Gasteiger partial charge in [-0.2, -0.15) is 5.10 Å². The number of aromatic hydroxyl groups is 2. The molecule has 6 heteroatoms. The maximum atomic E-state index is 11.8. The second kappa shape index (κ2) is 7.12. The largest absolute Gasteiger partial charge is 0.508 e. The van der Waals surface area contributed by atoms with Crippen molar-refractivity contribution in [3.05, 3.63) is 53.6 Å². The molecule has 22 heavy (non-hydrogen) atoms. The lowest BCUT2D eigenvalue weighted by molar-refractivity contribution is 0.0955. The van der Waals surface area contributed by atoms with Crippen LogP contribution in [0.25, 0.3) is 0 Å². The van der Waals surface area contributed by atoms with Crippen molar-refractivity contribution in [2.24, 2.45) is 5.10 Å². The first-order valence-corrected chi connectivity index (χ1v) is 6.68. The van der Waals surface area contributed by atoms with Gasteiger partial charge in [0.2, 0.25) is 0 Å². The molecule has 0 unspecified atom stereocenters. The molecule has 0 atom stereocenters. The van der Waals surface area contributed by atoms with E-state index < -0.39 is 5.91 Å². The third kappa shape index (κ3) is 3.99. The lowest BCUT2D eigenvalue weighted by Gasteiger charge is -2.05. The summed E-state index contributed by atoms with van der Waals surface area (Å²) in [6.07, 6.45) is 1.41. The highest BCUT2D eigenvalue weighted by Crippen LogP contribution is 2.26. The fourth-order valence-corrected chi connectivity index (χ4v) is 1.74. The number of rotatable bonds is 5. The second-order valence-corrected chi connectivity index (χ2v) is 4.41. The Labute approximate surface area is 127 Å². The first-order chi connectivity index (χ1) is 10.6. The fourth-order valence-electron chi connectivity index (χ4n) is 1.74. The van der Waals surface area contributed by atoms with Crippen molar-refractivity contribution in [3.8, 4) is 17.2 Å². The van der Waals surface area contributed by atoms with Gasteiger partial charge in [-0.05, 0) is 55.0 Å². The van der Waals surface area contributed by atoms with E-state index in [4.69, 9.17) is 9.84 Å². The highest BCUT2D eigenvalue weighted by atomic mass is 16.5. The highest BCUT2D eigenvalue weighted by molar-refractivity contribution is 5.95. The number of carbonyl (C=O) groups is 1. The summed E-state index contributed by atoms with van der Waals surface area (Å²) in [5, 5.41) is 22.7. The quantitative estimate of drug-likeness (QED) is 0.583. The number of nitrogens with one attached hydrogen (secondary N) is 1. The number of nitrogens with zero attached hydrogens (tertiary/aromatic N) is 1. The van der Waals surface area contributed by atoms with E-state index in [-0.39, 0.29) is 11.5 Å². The standard InChI is InChI=1S/C16H16N2O4/c1-2-22-15-8-3-11(9-14(15)20)10-17-18-16(21)12-4-6-13(19)7-5-12/h3-10,19-20H,2H2,1H3,(H,18,21)/b17-10+. The number of hydrogen-bond donors (Lipinski definition) is 3. The van der Waals surface area contributed by atoms with Gasteiger partial charge in [-0.3, -0.25) is 4.79 Å². The molecule has 3 N–H and O–H groups in total. The van der Waals surface area contributed by atoms with Crippen LogP contribution in [0, 0.1) is 0 Å². The number of phenolic OH excluding ortho intramolecular Hbond substituents is 2. The number of amides is 1. The number of carbonyl (C=O) groups excluding carboxylic acids is 1. The Balaban J connectivity index is 1.98. The number of phenols is 2. The molecular weight excluding hydrogens is 284 g/mol. The Kier molecular flexibility index (Phi) is 4.98. The third-order valence-corrected chi connectivity index (χ3v) is 2.79. The molecule has 0 heterocycles. The molecule has 0 aliphatic heterocycles. The summed E-state index contributed by atoms with van der Waals surface area (Å²) in [6.45, 7) is 2.29. The number of hydrazone groups is 1. The predicted molar refractivity (Wildman–Crippen MR) is 82.4 cm³/mol. The Morgan fingerprint density at radius 3 is 2.59 bits per heavy atom. The zero-order chi connectivity index (χ0) is 15.9. The Morgan fingerprint density at radius 1 is 1.23 bits per heavy atom. The molecule has 1 amide bonds. The first kappa shape index (κ1) is 15.4. The molecule has 2 aromatic carbocycles. The molecule has 2 aromatic rings. The molecule has 0 spiro atoms. The smallest absolute Gasteiger partial charge is 0.271 e. The van der Waals surface area contributed by atoms with E-state index in [0.717, 1.165) is 0 Å². The van der Waals surface area contributed by atoms with Crippen LogP contribution in [0.5, 0.6) is 17.2 Å². The maximum absolute atomic E-state index is 11.8. The summed E-state index contributed by atoms with van der Waals surface area (Å²) in [7, 11) is 0. The average molecular weight is 300 g/mol. The average Bonchev–Trinajstić information content (AvgIpc) is 2.50. The van der Waals surface area contributed by atoms with Crippen LogP contribution in [-0.2, 0) is 0 Å². The van der Waals surface area contributed by atoms with Crippen molar-refractivity contribution < 1.29 is 19.7 Å². The minimum absolute atomic E-state index is 0.00987. The summed E-state index contributed by atoms with van der Waals surface area (Å²) < 4.78 is 5.22. The van der Waals surface area contributed by atoms with Gasteiger partial charge in [-0.15, -0.1) is 0 Å². The van der Waals surface area contributed by atoms with Gasteiger partial charge >= 0.3 is 0 Å². The molecule has 2 rings (SSSR count). The summed E-state index contributed by atoms with van der Waals surface area (Å²) >= 11 is 0. The molecule has 6 nitrogen and oxygen atoms in total. The molecule has 114 valence electrons. The predicted octanol–water partition coefficient (Wildman–Crippen LogP) is 2.26. The van der Waals surface area contributed by atoms with Crippen LogP contribution < -0.4 is 10.2 Å². The summed E-state index contributed by atoms with van der Waals surface area (Å²) in [4.78, 5) is 11.8. The number of hydrogen-bond acceptors (Lipinski definition) is 5. The summed E-state index contributed by atoms with van der Waals surface area (Å²) in [6, 6.07) is 10.6. The monoisotopic (exact) mass is 300 g/mol. The van der Waals surface area contributed by atoms with Gasteiger partial charge in [0.1, 0.15) is 5.75 Å². The molecule has 0 saturated heterocycles. The van der Waals surface area contributed by atoms with Gasteiger partial charge in [0, 0.05) is 5.56 Å². The molecule has 0 saturated carbocycles. The van der Waals surface area contributed by atoms with Gasteiger partial charge < -0.3 is 14.9 Å². The zero-order valence-electron chi connectivity index (χ0n) is 12.0. The van der Waals surface area contributed by atoms with Gasteiger partial charge in [0.25, 0.3) is 5.91 Å². The van der Waals surface area contributed by atoms with E-state index in [9.17, 15) is 9.90 Å². The molecule has 0 radical (unpaired) electrons. The van der Waals surface area contributed by atoms with Crippen molar-refractivity contribution in [3.63, 3.8) is 0 Å². The number of benzene rings is 2. The Bertz CT molecular complexity index is 681. The Morgan fingerprint density at radius 2 is 1.95 bits per heavy atom. The van der Waals surface area contributed by atoms with E-state index in [0.29, 0.717) is 23.5 Å². The lowest BCUT2D eigenvalue weighted by atomic mass is 10.2. The third-order valence-electron chi connectivity index (χ3n) is 2.79. The molecule has 0 fully saturated rings. The van der Waals surface area contributed by atoms with Crippen molar-refractivity contribution in [2.75, 3.05) is 6.61 Å². The fraction of sp³-hybridized carbons (Fsp3) is 0.125. The van der Waals surface area contributed by atoms with E-state index in [1.165, 1.54) is 36.5 Å². The molecular formula is C16H16N2O4. The summed E-state index contributed by atoms with van der Waals surface area (Å²) in [5.74, 6) is 0.0970. The molecule has 0 bridgehead atoms. The first-order valence-electron chi connectivity index (χ1n) is 6.68. The van der Waals surface area contributed by atoms with Crippen molar-refractivity contribution in [1.29, 1.82) is 0 Å². The normalized spacial score (nSPS) is 10.6. The van der Waals surface area contributed by atoms with Gasteiger partial charge in [0.05, 0.1) is 12.8 Å². The van der Waals surface area contributed by atoms with Crippen LogP contribution in [0.3, 0.4) is 0 Å². The van der Waals surface area contributed by atoms with Crippen LogP contribution in [0.4, 0.5) is 0 Å². The minimum Gasteiger partial charge on any atom is -0.508 e. The van der Waals surface area contributed by atoms with Crippen LogP contribution in [0.15, 0.2) is 47.6 Å². The van der Waals surface area contributed by atoms with E-state index in [2.05, 4.69) is 10.5 Å². The van der Waals surface area contributed by atoms with Crippen LogP contribution >= 0.6 is 0 Å². The van der Waals surface area contributed by atoms with Gasteiger partial charge in [-0.25, -0.2) is 5.43 Å². The second-order valence-electron chi connectivity index (χ2n) is 4.41. The van der Waals surface area contributed by atoms with Crippen molar-refractivity contribution in [1.82, 2.24) is 5.43 Å². The van der Waals surface area contributed by atoms with Crippen LogP contribution in [-0.4, -0.2) is 28.9 Å². The summed E-state index contributed by atoms with van der Waals surface area (Å²) in [5.41, 5.74) is 3.36. The maximum Gasteiger partial charge on any atom is 0.271 e. The SMILES string of the molecule is CCOc1ccc(/C=N/NC(=O)c2ccc(O)cc2)cc1O. The van der Waals surface area contributed by atoms with Crippen molar-refractivity contribution >= 4 is 12.1 Å². The molecule has 0 aliphatic rings. The van der Waals surface area contributed by atoms with Gasteiger partial charge in [-0.1, -0.05) is 0 Å². The minimum atomic E-state index is -0.397. The lowest BCUT2D eigenvalue weighted by Crippen LogP contribution is -2.17. The van der Waals surface area contributed by atoms with Crippen LogP contribution in [0.1, 0.15) is 22.8 Å². The van der Waals surface area contributed by atoms with E-state index in [1.807, 2.05) is 6.92 Å². The topological polar surface area (TPSA) is 91.2 Å². The zero-order valence-corrected chi connectivity index (χ0v) is 12.0. The van der Waals surface area contributed by atoms with E-state index >= 15 is 0 Å². The Hall–Kier alpha value is -3.02. The number of ether oxygens (including phenoxy) is 1.